The van der Waals surface area contributed by atoms with E-state index in [1.165, 1.54) is 6.20 Å². The second-order valence-corrected chi connectivity index (χ2v) is 2.70. The number of carbonyl (C=O) groups is 1. The Hall–Kier alpha value is -1.03. The summed E-state index contributed by atoms with van der Waals surface area (Å²) >= 11 is 5.81. The number of halogens is 1. The lowest BCUT2D eigenvalue weighted by atomic mass is 10.3. The van der Waals surface area contributed by atoms with Gasteiger partial charge in [-0.05, 0) is 6.92 Å². The van der Waals surface area contributed by atoms with E-state index < -0.39 is 5.97 Å². The molecule has 0 spiro atoms. The van der Waals surface area contributed by atoms with Gasteiger partial charge >= 0.3 is 5.97 Å². The molecule has 0 unspecified atom stereocenters. The third-order valence-corrected chi connectivity index (χ3v) is 1.92. The predicted octanol–water partition coefficient (Wildman–Crippen LogP) is 1.18. The van der Waals surface area contributed by atoms with E-state index in [0.29, 0.717) is 17.3 Å². The Morgan fingerprint density at radius 3 is 2.92 bits per heavy atom. The van der Waals surface area contributed by atoms with Crippen molar-refractivity contribution in [2.24, 2.45) is 0 Å². The molecule has 0 bridgehead atoms. The van der Waals surface area contributed by atoms with Crippen molar-refractivity contribution in [1.82, 2.24) is 9.78 Å². The van der Waals surface area contributed by atoms with Crippen LogP contribution in [0.2, 0.25) is 5.15 Å². The van der Waals surface area contributed by atoms with Crippen molar-refractivity contribution in [3.05, 3.63) is 16.9 Å². The molecule has 4 nitrogen and oxygen atoms in total. The average Bonchev–Trinajstić information content (AvgIpc) is 2.32. The van der Waals surface area contributed by atoms with Crippen molar-refractivity contribution in [1.29, 1.82) is 0 Å². The third kappa shape index (κ3) is 1.76. The topological polar surface area (TPSA) is 55.1 Å². The summed E-state index contributed by atoms with van der Waals surface area (Å²) in [6.45, 7) is 2.54. The summed E-state index contributed by atoms with van der Waals surface area (Å²) < 4.78 is 1.56. The van der Waals surface area contributed by atoms with Crippen LogP contribution in [0.1, 0.15) is 12.5 Å². The quantitative estimate of drug-likeness (QED) is 0.775. The lowest BCUT2D eigenvalue weighted by Gasteiger charge is -1.96. The van der Waals surface area contributed by atoms with Gasteiger partial charge in [0.15, 0.2) is 0 Å². The molecule has 0 aliphatic carbocycles. The first-order chi connectivity index (χ1) is 5.65. The second-order valence-electron chi connectivity index (χ2n) is 2.35. The first-order valence-corrected chi connectivity index (χ1v) is 3.95. The van der Waals surface area contributed by atoms with E-state index in [1.54, 1.807) is 4.68 Å². The van der Waals surface area contributed by atoms with E-state index >= 15 is 0 Å². The number of aryl methyl sites for hydroxylation is 1. The van der Waals surface area contributed by atoms with Crippen LogP contribution in [0.25, 0.3) is 0 Å². The van der Waals surface area contributed by atoms with Crippen LogP contribution in [0.15, 0.2) is 6.20 Å². The number of aromatic nitrogens is 2. The molecule has 0 aliphatic rings. The fraction of sp³-hybridized carbons (Fsp3) is 0.429. The van der Waals surface area contributed by atoms with Gasteiger partial charge in [0.2, 0.25) is 0 Å². The summed E-state index contributed by atoms with van der Waals surface area (Å²) in [5, 5.41) is 12.8. The van der Waals surface area contributed by atoms with Crippen LogP contribution in [0.3, 0.4) is 0 Å². The minimum atomic E-state index is -0.896. The molecule has 66 valence electrons. The number of hydrogen-bond donors (Lipinski definition) is 1. The van der Waals surface area contributed by atoms with Gasteiger partial charge in [-0.25, -0.2) is 0 Å². The number of carboxylic acids is 1. The SMILES string of the molecule is CCn1ncc(CC(=O)O)c1Cl. The zero-order valence-electron chi connectivity index (χ0n) is 6.62. The average molecular weight is 189 g/mol. The molecule has 12 heavy (non-hydrogen) atoms. The van der Waals surface area contributed by atoms with E-state index in [2.05, 4.69) is 5.10 Å². The lowest BCUT2D eigenvalue weighted by Crippen LogP contribution is -2.00. The Morgan fingerprint density at radius 2 is 2.50 bits per heavy atom. The van der Waals surface area contributed by atoms with E-state index in [0.717, 1.165) is 0 Å². The molecule has 5 heteroatoms. The van der Waals surface area contributed by atoms with E-state index in [9.17, 15) is 4.79 Å². The lowest BCUT2D eigenvalue weighted by molar-refractivity contribution is -0.136. The smallest absolute Gasteiger partial charge is 0.307 e. The molecule has 0 fully saturated rings. The van der Waals surface area contributed by atoms with Crippen molar-refractivity contribution in [2.45, 2.75) is 19.9 Å². The molecule has 0 radical (unpaired) electrons. The van der Waals surface area contributed by atoms with Crippen LogP contribution in [0.4, 0.5) is 0 Å². The summed E-state index contributed by atoms with van der Waals surface area (Å²) in [6, 6.07) is 0. The van der Waals surface area contributed by atoms with Crippen LogP contribution < -0.4 is 0 Å². The zero-order chi connectivity index (χ0) is 9.14. The van der Waals surface area contributed by atoms with Crippen LogP contribution in [-0.2, 0) is 17.8 Å². The van der Waals surface area contributed by atoms with E-state index in [1.807, 2.05) is 6.92 Å². The van der Waals surface area contributed by atoms with Gasteiger partial charge in [0.05, 0.1) is 12.6 Å². The molecule has 0 aliphatic heterocycles. The van der Waals surface area contributed by atoms with E-state index in [4.69, 9.17) is 16.7 Å². The first-order valence-electron chi connectivity index (χ1n) is 3.57. The predicted molar refractivity (Wildman–Crippen MR) is 44.3 cm³/mol. The first kappa shape index (κ1) is 9.06. The fourth-order valence-corrected chi connectivity index (χ4v) is 1.19. The zero-order valence-corrected chi connectivity index (χ0v) is 7.38. The monoisotopic (exact) mass is 188 g/mol. The van der Waals surface area contributed by atoms with Gasteiger partial charge < -0.3 is 5.11 Å². The normalized spacial score (nSPS) is 10.2. The minimum absolute atomic E-state index is 0.0706. The summed E-state index contributed by atoms with van der Waals surface area (Å²) in [5.41, 5.74) is 0.561. The Morgan fingerprint density at radius 1 is 1.83 bits per heavy atom. The number of carboxylic acid groups (broad SMARTS) is 1. The standard InChI is InChI=1S/C7H9ClN2O2/c1-2-10-7(8)5(4-9-10)3-6(11)12/h4H,2-3H2,1H3,(H,11,12). The molecule has 1 heterocycles. The fourth-order valence-electron chi connectivity index (χ4n) is 0.911. The van der Waals surface area contributed by atoms with Crippen molar-refractivity contribution >= 4 is 17.6 Å². The maximum Gasteiger partial charge on any atom is 0.307 e. The van der Waals surface area contributed by atoms with Crippen LogP contribution in [0.5, 0.6) is 0 Å². The highest BCUT2D eigenvalue weighted by Gasteiger charge is 2.09. The van der Waals surface area contributed by atoms with Gasteiger partial charge in [0.1, 0.15) is 5.15 Å². The number of aliphatic carboxylic acids is 1. The summed E-state index contributed by atoms with van der Waals surface area (Å²) in [7, 11) is 0. The van der Waals surface area contributed by atoms with Crippen molar-refractivity contribution < 1.29 is 9.90 Å². The highest BCUT2D eigenvalue weighted by Crippen LogP contribution is 2.15. The molecule has 0 aromatic carbocycles. The summed E-state index contributed by atoms with van der Waals surface area (Å²) in [6.07, 6.45) is 1.42. The van der Waals surface area contributed by atoms with Gasteiger partial charge in [-0.2, -0.15) is 5.10 Å². The Bertz CT molecular complexity index is 296. The largest absolute Gasteiger partial charge is 0.481 e. The molecule has 0 saturated heterocycles. The minimum Gasteiger partial charge on any atom is -0.481 e. The molecule has 1 rings (SSSR count). The van der Waals surface area contributed by atoms with Crippen molar-refractivity contribution in [2.75, 3.05) is 0 Å². The molecule has 0 atom stereocenters. The third-order valence-electron chi connectivity index (χ3n) is 1.49. The van der Waals surface area contributed by atoms with Crippen LogP contribution in [-0.4, -0.2) is 20.9 Å². The second kappa shape index (κ2) is 3.58. The van der Waals surface area contributed by atoms with Gasteiger partial charge in [-0.1, -0.05) is 11.6 Å². The van der Waals surface area contributed by atoms with Crippen molar-refractivity contribution in [3.63, 3.8) is 0 Å². The highest BCUT2D eigenvalue weighted by atomic mass is 35.5. The maximum atomic E-state index is 10.3. The maximum absolute atomic E-state index is 10.3. The summed E-state index contributed by atoms with van der Waals surface area (Å²) in [5.74, 6) is -0.896. The number of rotatable bonds is 3. The molecular weight excluding hydrogens is 180 g/mol. The molecular formula is C7H9ClN2O2. The molecule has 1 N–H and O–H groups in total. The van der Waals surface area contributed by atoms with Crippen LogP contribution in [0, 0.1) is 0 Å². The number of hydrogen-bond acceptors (Lipinski definition) is 2. The molecule has 0 amide bonds. The summed E-state index contributed by atoms with van der Waals surface area (Å²) in [4.78, 5) is 10.3. The van der Waals surface area contributed by atoms with Gasteiger partial charge in [-0.15, -0.1) is 0 Å². The van der Waals surface area contributed by atoms with Gasteiger partial charge in [0.25, 0.3) is 0 Å². The Kier molecular flexibility index (Phi) is 2.70. The van der Waals surface area contributed by atoms with Gasteiger partial charge in [-0.3, -0.25) is 9.48 Å². The number of nitrogens with zero attached hydrogens (tertiary/aromatic N) is 2. The molecule has 1 aromatic rings. The molecule has 1 aromatic heterocycles. The van der Waals surface area contributed by atoms with E-state index in [-0.39, 0.29) is 6.42 Å². The Labute approximate surface area is 74.8 Å². The van der Waals surface area contributed by atoms with Crippen molar-refractivity contribution in [3.8, 4) is 0 Å². The Balaban J connectivity index is 2.87. The molecule has 0 saturated carbocycles. The highest BCUT2D eigenvalue weighted by molar-refractivity contribution is 6.30. The van der Waals surface area contributed by atoms with Crippen LogP contribution >= 0.6 is 11.6 Å². The van der Waals surface area contributed by atoms with Gasteiger partial charge in [0, 0.05) is 12.1 Å².